The number of hydrogen-bond donors (Lipinski definition) is 0. The first-order valence-corrected chi connectivity index (χ1v) is 5.87. The Hall–Kier alpha value is -1.96. The van der Waals surface area contributed by atoms with Gasteiger partial charge >= 0.3 is 0 Å². The minimum absolute atomic E-state index is 0.125. The third-order valence-electron chi connectivity index (χ3n) is 3.26. The van der Waals surface area contributed by atoms with Gasteiger partial charge in [0.15, 0.2) is 5.78 Å². The van der Waals surface area contributed by atoms with Crippen molar-refractivity contribution in [2.75, 3.05) is 0 Å². The van der Waals surface area contributed by atoms with Crippen LogP contribution >= 0.6 is 0 Å². The van der Waals surface area contributed by atoms with Gasteiger partial charge in [0, 0.05) is 16.8 Å². The Kier molecular flexibility index (Phi) is 2.11. The molecule has 2 heteroatoms. The van der Waals surface area contributed by atoms with E-state index in [4.69, 9.17) is 0 Å². The molecule has 0 N–H and O–H groups in total. The van der Waals surface area contributed by atoms with Crippen LogP contribution in [0.4, 0.5) is 0 Å². The van der Waals surface area contributed by atoms with E-state index in [0.29, 0.717) is 0 Å². The Morgan fingerprint density at radius 1 is 1.18 bits per heavy atom. The normalized spacial score (nSPS) is 12.5. The summed E-state index contributed by atoms with van der Waals surface area (Å²) in [5.74, 6) is 0.125. The number of carbonyl (C=O) groups excluding carboxylic acids is 1. The Morgan fingerprint density at radius 2 is 1.88 bits per heavy atom. The van der Waals surface area contributed by atoms with Gasteiger partial charge in [-0.3, -0.25) is 9.78 Å². The highest BCUT2D eigenvalue weighted by Gasteiger charge is 2.29. The van der Waals surface area contributed by atoms with Crippen molar-refractivity contribution in [2.24, 2.45) is 0 Å². The Labute approximate surface area is 100 Å². The first-order valence-electron chi connectivity index (χ1n) is 5.87. The molecule has 0 atom stereocenters. The molecule has 0 amide bonds. The van der Waals surface area contributed by atoms with Crippen LogP contribution in [0.1, 0.15) is 34.1 Å². The fraction of sp³-hybridized carbons (Fsp3) is 0.200. The highest BCUT2D eigenvalue weighted by Crippen LogP contribution is 2.37. The number of ketones is 1. The maximum Gasteiger partial charge on any atom is 0.196 e. The predicted molar refractivity (Wildman–Crippen MR) is 67.2 cm³/mol. The lowest BCUT2D eigenvalue weighted by molar-refractivity contribution is 0.104. The second-order valence-electron chi connectivity index (χ2n) is 4.37. The summed E-state index contributed by atoms with van der Waals surface area (Å²) in [6, 6.07) is 9.74. The van der Waals surface area contributed by atoms with Crippen LogP contribution in [0.2, 0.25) is 0 Å². The van der Waals surface area contributed by atoms with Crippen molar-refractivity contribution in [3.8, 4) is 11.3 Å². The summed E-state index contributed by atoms with van der Waals surface area (Å²) in [5.41, 5.74) is 5.52. The lowest BCUT2D eigenvalue weighted by atomic mass is 10.0. The van der Waals surface area contributed by atoms with E-state index in [9.17, 15) is 4.79 Å². The zero-order chi connectivity index (χ0) is 12.0. The number of aromatic nitrogens is 1. The lowest BCUT2D eigenvalue weighted by Gasteiger charge is -2.06. The van der Waals surface area contributed by atoms with E-state index < -0.39 is 0 Å². The molecule has 0 saturated carbocycles. The zero-order valence-electron chi connectivity index (χ0n) is 9.95. The van der Waals surface area contributed by atoms with Gasteiger partial charge in [0.05, 0.1) is 11.3 Å². The molecule has 2 nitrogen and oxygen atoms in total. The van der Waals surface area contributed by atoms with Gasteiger partial charge in [-0.2, -0.15) is 0 Å². The van der Waals surface area contributed by atoms with Gasteiger partial charge in [0.25, 0.3) is 0 Å². The van der Waals surface area contributed by atoms with Gasteiger partial charge in [0.2, 0.25) is 0 Å². The summed E-state index contributed by atoms with van der Waals surface area (Å²) in [7, 11) is 0. The summed E-state index contributed by atoms with van der Waals surface area (Å²) < 4.78 is 0. The van der Waals surface area contributed by atoms with Crippen molar-refractivity contribution in [3.63, 3.8) is 0 Å². The number of benzene rings is 1. The van der Waals surface area contributed by atoms with Crippen LogP contribution in [0.15, 0.2) is 30.3 Å². The molecule has 0 aliphatic heterocycles. The average Bonchev–Trinajstić information content (AvgIpc) is 2.63. The minimum atomic E-state index is 0.125. The Balaban J connectivity index is 2.38. The molecule has 84 valence electrons. The van der Waals surface area contributed by atoms with E-state index in [1.54, 1.807) is 0 Å². The number of nitrogens with zero attached hydrogens (tertiary/aromatic N) is 1. The van der Waals surface area contributed by atoms with E-state index >= 15 is 0 Å². The number of pyridine rings is 1. The van der Waals surface area contributed by atoms with Crippen LogP contribution < -0.4 is 0 Å². The zero-order valence-corrected chi connectivity index (χ0v) is 9.95. The van der Waals surface area contributed by atoms with Crippen molar-refractivity contribution in [1.29, 1.82) is 0 Å². The van der Waals surface area contributed by atoms with Crippen LogP contribution in [0.25, 0.3) is 11.3 Å². The minimum Gasteiger partial charge on any atom is -0.288 e. The van der Waals surface area contributed by atoms with Crippen LogP contribution in [0, 0.1) is 6.92 Å². The number of rotatable bonds is 1. The summed E-state index contributed by atoms with van der Waals surface area (Å²) in [4.78, 5) is 16.9. The third kappa shape index (κ3) is 1.34. The van der Waals surface area contributed by atoms with Gasteiger partial charge in [0.1, 0.15) is 0 Å². The topological polar surface area (TPSA) is 30.0 Å². The molecule has 2 aromatic rings. The summed E-state index contributed by atoms with van der Waals surface area (Å²) in [6.45, 7) is 4.05. The molecule has 1 aromatic carbocycles. The third-order valence-corrected chi connectivity index (χ3v) is 3.26. The highest BCUT2D eigenvalue weighted by molar-refractivity contribution is 6.21. The van der Waals surface area contributed by atoms with Crippen LogP contribution in [0.3, 0.4) is 0 Å². The van der Waals surface area contributed by atoms with Gasteiger partial charge in [-0.25, -0.2) is 0 Å². The first-order chi connectivity index (χ1) is 8.22. The first kappa shape index (κ1) is 10.2. The second kappa shape index (κ2) is 3.52. The number of carbonyl (C=O) groups is 1. The standard InChI is InChI=1S/C15H13NO/c1-3-10-8-9(2)16-14-11-6-4-5-7-12(11)15(17)13(10)14/h4-8H,3H2,1-2H3. The molecule has 1 aromatic heterocycles. The quantitative estimate of drug-likeness (QED) is 0.634. The Morgan fingerprint density at radius 3 is 2.59 bits per heavy atom. The van der Waals surface area contributed by atoms with E-state index in [1.807, 2.05) is 37.3 Å². The van der Waals surface area contributed by atoms with Gasteiger partial charge in [-0.1, -0.05) is 31.2 Å². The van der Waals surface area contributed by atoms with Gasteiger partial charge in [-0.15, -0.1) is 0 Å². The molecule has 0 bridgehead atoms. The SMILES string of the molecule is CCc1cc(C)nc2c1C(=O)c1ccccc1-2. The van der Waals surface area contributed by atoms with Crippen molar-refractivity contribution < 1.29 is 4.79 Å². The van der Waals surface area contributed by atoms with E-state index in [1.165, 1.54) is 0 Å². The number of aryl methyl sites for hydroxylation is 2. The van der Waals surface area contributed by atoms with Gasteiger partial charge in [-0.05, 0) is 25.0 Å². The van der Waals surface area contributed by atoms with Crippen molar-refractivity contribution in [1.82, 2.24) is 4.98 Å². The molecule has 3 rings (SSSR count). The van der Waals surface area contributed by atoms with Crippen LogP contribution in [-0.4, -0.2) is 10.8 Å². The lowest BCUT2D eigenvalue weighted by Crippen LogP contribution is -2.02. The van der Waals surface area contributed by atoms with Crippen molar-refractivity contribution >= 4 is 5.78 Å². The van der Waals surface area contributed by atoms with E-state index in [0.717, 1.165) is 40.1 Å². The van der Waals surface area contributed by atoms with Crippen molar-refractivity contribution in [2.45, 2.75) is 20.3 Å². The average molecular weight is 223 g/mol. The van der Waals surface area contributed by atoms with Crippen molar-refractivity contribution in [3.05, 3.63) is 52.7 Å². The number of fused-ring (bicyclic) bond motifs is 3. The molecule has 1 heterocycles. The summed E-state index contributed by atoms with van der Waals surface area (Å²) in [5, 5.41) is 0. The largest absolute Gasteiger partial charge is 0.288 e. The van der Waals surface area contributed by atoms with Crippen LogP contribution in [-0.2, 0) is 6.42 Å². The van der Waals surface area contributed by atoms with Gasteiger partial charge < -0.3 is 0 Å². The Bertz CT molecular complexity index is 629. The molecular weight excluding hydrogens is 210 g/mol. The maximum absolute atomic E-state index is 12.3. The summed E-state index contributed by atoms with van der Waals surface area (Å²) >= 11 is 0. The van der Waals surface area contributed by atoms with E-state index in [2.05, 4.69) is 11.9 Å². The van der Waals surface area contributed by atoms with Crippen LogP contribution in [0.5, 0.6) is 0 Å². The molecule has 0 saturated heterocycles. The number of hydrogen-bond acceptors (Lipinski definition) is 2. The van der Waals surface area contributed by atoms with E-state index in [-0.39, 0.29) is 5.78 Å². The molecule has 1 aliphatic rings. The molecule has 0 unspecified atom stereocenters. The smallest absolute Gasteiger partial charge is 0.196 e. The highest BCUT2D eigenvalue weighted by atomic mass is 16.1. The monoisotopic (exact) mass is 223 g/mol. The molecule has 0 fully saturated rings. The molecule has 17 heavy (non-hydrogen) atoms. The molecule has 0 radical (unpaired) electrons. The second-order valence-corrected chi connectivity index (χ2v) is 4.37. The molecular formula is C15H13NO. The fourth-order valence-electron chi connectivity index (χ4n) is 2.49. The summed E-state index contributed by atoms with van der Waals surface area (Å²) in [6.07, 6.45) is 0.866. The predicted octanol–water partition coefficient (Wildman–Crippen LogP) is 3.16. The molecule has 0 spiro atoms. The fourth-order valence-corrected chi connectivity index (χ4v) is 2.49. The molecule has 1 aliphatic carbocycles. The maximum atomic E-state index is 12.3.